The highest BCUT2D eigenvalue weighted by molar-refractivity contribution is 5.67. The van der Waals surface area contributed by atoms with E-state index in [0.29, 0.717) is 6.61 Å². The van der Waals surface area contributed by atoms with E-state index in [0.717, 1.165) is 35.3 Å². The highest BCUT2D eigenvalue weighted by Crippen LogP contribution is 2.24. The van der Waals surface area contributed by atoms with Gasteiger partial charge in [0.1, 0.15) is 23.5 Å². The predicted octanol–water partition coefficient (Wildman–Crippen LogP) is 3.91. The molecular formula is C16H18N2O. The van der Waals surface area contributed by atoms with Crippen molar-refractivity contribution in [2.45, 2.75) is 33.6 Å². The minimum atomic E-state index is 0.117. The topological polar surface area (TPSA) is 56.8 Å². The molecule has 1 aromatic carbocycles. The van der Waals surface area contributed by atoms with E-state index >= 15 is 0 Å². The first-order valence-corrected chi connectivity index (χ1v) is 6.38. The molecular weight excluding hydrogens is 236 g/mol. The van der Waals surface area contributed by atoms with Gasteiger partial charge in [-0.2, -0.15) is 10.5 Å². The van der Waals surface area contributed by atoms with Crippen molar-refractivity contribution in [3.63, 3.8) is 0 Å². The average molecular weight is 254 g/mol. The van der Waals surface area contributed by atoms with E-state index in [2.05, 4.69) is 6.92 Å². The van der Waals surface area contributed by atoms with Crippen molar-refractivity contribution in [1.29, 1.82) is 10.5 Å². The Bertz CT molecular complexity index is 520. The van der Waals surface area contributed by atoms with E-state index in [-0.39, 0.29) is 5.57 Å². The van der Waals surface area contributed by atoms with Gasteiger partial charge in [0.2, 0.25) is 0 Å². The van der Waals surface area contributed by atoms with Crippen LogP contribution in [0.1, 0.15) is 36.5 Å². The van der Waals surface area contributed by atoms with Gasteiger partial charge in [-0.15, -0.1) is 0 Å². The number of aryl methyl sites for hydroxylation is 2. The second-order valence-corrected chi connectivity index (χ2v) is 4.45. The van der Waals surface area contributed by atoms with E-state index in [4.69, 9.17) is 15.3 Å². The Kier molecular flexibility index (Phi) is 5.64. The molecule has 0 atom stereocenters. The van der Waals surface area contributed by atoms with Crippen molar-refractivity contribution in [2.75, 3.05) is 6.61 Å². The Labute approximate surface area is 114 Å². The molecule has 1 aromatic rings. The van der Waals surface area contributed by atoms with Crippen LogP contribution in [-0.2, 0) is 0 Å². The molecule has 0 aliphatic carbocycles. The first-order chi connectivity index (χ1) is 9.12. The molecule has 0 bridgehead atoms. The first-order valence-electron chi connectivity index (χ1n) is 6.38. The number of rotatable bonds is 5. The lowest BCUT2D eigenvalue weighted by atomic mass is 10.0. The summed E-state index contributed by atoms with van der Waals surface area (Å²) in [5.41, 5.74) is 3.05. The number of ether oxygens (including phenoxy) is 1. The lowest BCUT2D eigenvalue weighted by Gasteiger charge is -2.11. The van der Waals surface area contributed by atoms with Gasteiger partial charge < -0.3 is 4.74 Å². The summed E-state index contributed by atoms with van der Waals surface area (Å²) in [6.45, 7) is 6.75. The van der Waals surface area contributed by atoms with Gasteiger partial charge in [-0.05, 0) is 55.2 Å². The van der Waals surface area contributed by atoms with Crippen LogP contribution in [0, 0.1) is 36.5 Å². The largest absolute Gasteiger partial charge is 0.494 e. The Balaban J connectivity index is 3.02. The van der Waals surface area contributed by atoms with Gasteiger partial charge in [-0.25, -0.2) is 0 Å². The van der Waals surface area contributed by atoms with Gasteiger partial charge in [0, 0.05) is 0 Å². The fourth-order valence-electron chi connectivity index (χ4n) is 1.81. The van der Waals surface area contributed by atoms with Crippen molar-refractivity contribution >= 4 is 6.08 Å². The molecule has 19 heavy (non-hydrogen) atoms. The van der Waals surface area contributed by atoms with Crippen molar-refractivity contribution in [1.82, 2.24) is 0 Å². The summed E-state index contributed by atoms with van der Waals surface area (Å²) in [4.78, 5) is 0. The highest BCUT2D eigenvalue weighted by Gasteiger charge is 2.05. The number of allylic oxidation sites excluding steroid dienone is 1. The summed E-state index contributed by atoms with van der Waals surface area (Å²) >= 11 is 0. The molecule has 0 spiro atoms. The third-order valence-corrected chi connectivity index (χ3v) is 2.86. The van der Waals surface area contributed by atoms with Gasteiger partial charge in [0.05, 0.1) is 6.61 Å². The zero-order chi connectivity index (χ0) is 14.3. The standard InChI is InChI=1S/C16H18N2O/c1-4-5-6-19-15-7-12(2)16(13(3)8-15)9-14(10-17)11-18/h7-9H,4-6H2,1-3H3. The van der Waals surface area contributed by atoms with Crippen LogP contribution in [0.4, 0.5) is 0 Å². The molecule has 3 heteroatoms. The second kappa shape index (κ2) is 7.24. The molecule has 3 nitrogen and oxygen atoms in total. The first kappa shape index (κ1) is 14.8. The Morgan fingerprint density at radius 2 is 1.79 bits per heavy atom. The summed E-state index contributed by atoms with van der Waals surface area (Å²) in [5, 5.41) is 17.6. The maximum atomic E-state index is 8.80. The molecule has 0 saturated carbocycles. The van der Waals surface area contributed by atoms with Crippen molar-refractivity contribution in [3.05, 3.63) is 34.4 Å². The molecule has 0 aliphatic rings. The van der Waals surface area contributed by atoms with E-state index in [9.17, 15) is 0 Å². The van der Waals surface area contributed by atoms with Crippen LogP contribution in [0.15, 0.2) is 17.7 Å². The summed E-state index contributed by atoms with van der Waals surface area (Å²) in [6, 6.07) is 7.65. The number of hydrogen-bond donors (Lipinski definition) is 0. The summed E-state index contributed by atoms with van der Waals surface area (Å²) in [7, 11) is 0. The fraction of sp³-hybridized carbons (Fsp3) is 0.375. The van der Waals surface area contributed by atoms with Crippen LogP contribution >= 0.6 is 0 Å². The molecule has 0 unspecified atom stereocenters. The Hall–Kier alpha value is -2.26. The number of nitriles is 2. The smallest absolute Gasteiger partial charge is 0.130 e. The molecule has 0 radical (unpaired) electrons. The van der Waals surface area contributed by atoms with E-state index in [1.54, 1.807) is 6.08 Å². The van der Waals surface area contributed by atoms with Gasteiger partial charge in [-0.3, -0.25) is 0 Å². The lowest BCUT2D eigenvalue weighted by Crippen LogP contribution is -1.98. The lowest BCUT2D eigenvalue weighted by molar-refractivity contribution is 0.309. The van der Waals surface area contributed by atoms with E-state index < -0.39 is 0 Å². The highest BCUT2D eigenvalue weighted by atomic mass is 16.5. The number of nitrogens with zero attached hydrogens (tertiary/aromatic N) is 2. The van der Waals surface area contributed by atoms with Crippen molar-refractivity contribution in [2.24, 2.45) is 0 Å². The SMILES string of the molecule is CCCCOc1cc(C)c(C=C(C#N)C#N)c(C)c1. The zero-order valence-corrected chi connectivity index (χ0v) is 11.7. The molecule has 0 amide bonds. The Morgan fingerprint density at radius 3 is 2.26 bits per heavy atom. The second-order valence-electron chi connectivity index (χ2n) is 4.45. The maximum Gasteiger partial charge on any atom is 0.130 e. The van der Waals surface area contributed by atoms with E-state index in [1.165, 1.54) is 0 Å². The van der Waals surface area contributed by atoms with Crippen LogP contribution < -0.4 is 4.74 Å². The maximum absolute atomic E-state index is 8.80. The third-order valence-electron chi connectivity index (χ3n) is 2.86. The molecule has 0 aliphatic heterocycles. The molecule has 0 saturated heterocycles. The quantitative estimate of drug-likeness (QED) is 0.591. The molecule has 0 fully saturated rings. The summed E-state index contributed by atoms with van der Waals surface area (Å²) < 4.78 is 5.67. The van der Waals surface area contributed by atoms with Gasteiger partial charge >= 0.3 is 0 Å². The van der Waals surface area contributed by atoms with Crippen molar-refractivity contribution in [3.8, 4) is 17.9 Å². The summed E-state index contributed by atoms with van der Waals surface area (Å²) in [5.74, 6) is 0.844. The third kappa shape index (κ3) is 4.16. The van der Waals surface area contributed by atoms with Crippen LogP contribution in [-0.4, -0.2) is 6.61 Å². The Morgan fingerprint density at radius 1 is 1.21 bits per heavy atom. The number of benzene rings is 1. The molecule has 0 heterocycles. The van der Waals surface area contributed by atoms with Crippen LogP contribution in [0.2, 0.25) is 0 Å². The minimum Gasteiger partial charge on any atom is -0.494 e. The minimum absolute atomic E-state index is 0.117. The van der Waals surface area contributed by atoms with Gasteiger partial charge in [-0.1, -0.05) is 13.3 Å². The number of unbranched alkanes of at least 4 members (excludes halogenated alkanes) is 1. The van der Waals surface area contributed by atoms with Gasteiger partial charge in [0.15, 0.2) is 0 Å². The van der Waals surface area contributed by atoms with Crippen LogP contribution in [0.3, 0.4) is 0 Å². The van der Waals surface area contributed by atoms with E-state index in [1.807, 2.05) is 38.1 Å². The van der Waals surface area contributed by atoms with Gasteiger partial charge in [0.25, 0.3) is 0 Å². The molecule has 0 aromatic heterocycles. The zero-order valence-electron chi connectivity index (χ0n) is 11.7. The van der Waals surface area contributed by atoms with Crippen LogP contribution in [0.5, 0.6) is 5.75 Å². The predicted molar refractivity (Wildman–Crippen MR) is 75.5 cm³/mol. The van der Waals surface area contributed by atoms with Crippen LogP contribution in [0.25, 0.3) is 6.08 Å². The summed E-state index contributed by atoms with van der Waals surface area (Å²) in [6.07, 6.45) is 3.76. The van der Waals surface area contributed by atoms with Crippen molar-refractivity contribution < 1.29 is 4.74 Å². The molecule has 1 rings (SSSR count). The average Bonchev–Trinajstić information content (AvgIpc) is 2.39. The number of hydrogen-bond acceptors (Lipinski definition) is 3. The fourth-order valence-corrected chi connectivity index (χ4v) is 1.81. The monoisotopic (exact) mass is 254 g/mol. The normalized spacial score (nSPS) is 9.32. The molecule has 98 valence electrons. The molecule has 0 N–H and O–H groups in total.